The zero-order valence-corrected chi connectivity index (χ0v) is 18.9. The minimum absolute atomic E-state index is 0.333. The van der Waals surface area contributed by atoms with Crippen LogP contribution in [-0.2, 0) is 16.2 Å². The van der Waals surface area contributed by atoms with Crippen LogP contribution >= 0.6 is 0 Å². The quantitative estimate of drug-likeness (QED) is 0.291. The van der Waals surface area contributed by atoms with Gasteiger partial charge in [-0.15, -0.1) is 0 Å². The number of ether oxygens (including phenoxy) is 2. The Labute approximate surface area is 193 Å². The maximum Gasteiger partial charge on any atom is 0.249 e. The van der Waals surface area contributed by atoms with E-state index in [1.807, 2.05) is 56.3 Å². The monoisotopic (exact) mass is 445 g/mol. The lowest BCUT2D eigenvalue weighted by Gasteiger charge is -2.11. The number of methoxy groups -OCH3 is 1. The van der Waals surface area contributed by atoms with Crippen molar-refractivity contribution in [3.8, 4) is 11.5 Å². The number of nitrogens with zero attached hydrogens (tertiary/aromatic N) is 1. The lowest BCUT2D eigenvalue weighted by atomic mass is 10.1. The third-order valence-electron chi connectivity index (χ3n) is 4.94. The Kier molecular flexibility index (Phi) is 8.18. The smallest absolute Gasteiger partial charge is 0.249 e. The van der Waals surface area contributed by atoms with Gasteiger partial charge in [-0.05, 0) is 66.4 Å². The number of amides is 2. The molecule has 0 fully saturated rings. The molecule has 0 aromatic heterocycles. The highest BCUT2D eigenvalue weighted by Crippen LogP contribution is 2.28. The highest BCUT2D eigenvalue weighted by Gasteiger charge is 2.10. The van der Waals surface area contributed by atoms with E-state index in [9.17, 15) is 9.59 Å². The van der Waals surface area contributed by atoms with Gasteiger partial charge in [-0.2, -0.15) is 5.10 Å². The Balaban J connectivity index is 1.50. The van der Waals surface area contributed by atoms with Gasteiger partial charge in [0.15, 0.2) is 11.5 Å². The van der Waals surface area contributed by atoms with E-state index in [1.54, 1.807) is 31.4 Å². The SMILES string of the molecule is COc1cc(C=NNC(=O)CC(=O)Nc2ccc(C)c(C)c2)ccc1OCc1ccccc1. The fourth-order valence-electron chi connectivity index (χ4n) is 3.01. The molecule has 0 unspecified atom stereocenters. The van der Waals surface area contributed by atoms with Crippen molar-refractivity contribution >= 4 is 23.7 Å². The molecule has 2 N–H and O–H groups in total. The molecule has 0 aliphatic heterocycles. The van der Waals surface area contributed by atoms with Crippen LogP contribution in [0.15, 0.2) is 71.8 Å². The van der Waals surface area contributed by atoms with E-state index in [-0.39, 0.29) is 6.42 Å². The Hall–Kier alpha value is -4.13. The van der Waals surface area contributed by atoms with E-state index in [4.69, 9.17) is 9.47 Å². The first-order chi connectivity index (χ1) is 15.9. The van der Waals surface area contributed by atoms with E-state index in [0.29, 0.717) is 29.4 Å². The molecule has 33 heavy (non-hydrogen) atoms. The molecular formula is C26H27N3O4. The lowest BCUT2D eigenvalue weighted by molar-refractivity contribution is -0.126. The van der Waals surface area contributed by atoms with Gasteiger partial charge >= 0.3 is 0 Å². The van der Waals surface area contributed by atoms with Gasteiger partial charge in [-0.1, -0.05) is 36.4 Å². The normalized spacial score (nSPS) is 10.6. The van der Waals surface area contributed by atoms with Crippen molar-refractivity contribution in [3.63, 3.8) is 0 Å². The fraction of sp³-hybridized carbons (Fsp3) is 0.192. The number of anilines is 1. The average molecular weight is 446 g/mol. The maximum absolute atomic E-state index is 12.1. The molecule has 0 bridgehead atoms. The Morgan fingerprint density at radius 3 is 2.42 bits per heavy atom. The van der Waals surface area contributed by atoms with E-state index in [1.165, 1.54) is 6.21 Å². The predicted octanol–water partition coefficient (Wildman–Crippen LogP) is 4.37. The zero-order chi connectivity index (χ0) is 23.6. The third-order valence-corrected chi connectivity index (χ3v) is 4.94. The van der Waals surface area contributed by atoms with Crippen LogP contribution in [0.2, 0.25) is 0 Å². The number of nitrogens with one attached hydrogen (secondary N) is 2. The third kappa shape index (κ3) is 7.21. The van der Waals surface area contributed by atoms with Crippen molar-refractivity contribution in [3.05, 3.63) is 89.0 Å². The molecule has 0 atom stereocenters. The van der Waals surface area contributed by atoms with E-state index < -0.39 is 11.8 Å². The molecular weight excluding hydrogens is 418 g/mol. The number of aryl methyl sites for hydroxylation is 2. The van der Waals surface area contributed by atoms with Crippen molar-refractivity contribution in [1.29, 1.82) is 0 Å². The highest BCUT2D eigenvalue weighted by atomic mass is 16.5. The molecule has 0 radical (unpaired) electrons. The van der Waals surface area contributed by atoms with Crippen molar-refractivity contribution in [2.75, 3.05) is 12.4 Å². The Morgan fingerprint density at radius 1 is 0.909 bits per heavy atom. The molecule has 0 heterocycles. The van der Waals surface area contributed by atoms with Gasteiger partial charge in [0.2, 0.25) is 11.8 Å². The summed E-state index contributed by atoms with van der Waals surface area (Å²) in [5, 5.41) is 6.64. The zero-order valence-electron chi connectivity index (χ0n) is 18.9. The van der Waals surface area contributed by atoms with Crippen LogP contribution in [0.4, 0.5) is 5.69 Å². The molecule has 3 rings (SSSR count). The van der Waals surface area contributed by atoms with Gasteiger partial charge in [0.05, 0.1) is 13.3 Å². The standard InChI is InChI=1S/C26H27N3O4/c1-18-9-11-22(13-19(18)2)28-25(30)15-26(31)29-27-16-21-10-12-23(24(14-21)32-3)33-17-20-7-5-4-6-8-20/h4-14,16H,15,17H2,1-3H3,(H,28,30)(H,29,31). The van der Waals surface area contributed by atoms with Gasteiger partial charge in [-0.3, -0.25) is 9.59 Å². The van der Waals surface area contributed by atoms with Crippen LogP contribution in [-0.4, -0.2) is 25.1 Å². The van der Waals surface area contributed by atoms with E-state index >= 15 is 0 Å². The van der Waals surface area contributed by atoms with Crippen LogP contribution in [0.5, 0.6) is 11.5 Å². The number of carbonyl (C=O) groups is 2. The van der Waals surface area contributed by atoms with E-state index in [2.05, 4.69) is 15.8 Å². The molecule has 170 valence electrons. The van der Waals surface area contributed by atoms with Crippen molar-refractivity contribution in [2.24, 2.45) is 5.10 Å². The second kappa shape index (κ2) is 11.5. The van der Waals surface area contributed by atoms with Crippen molar-refractivity contribution in [2.45, 2.75) is 26.9 Å². The summed E-state index contributed by atoms with van der Waals surface area (Å²) in [5.41, 5.74) is 6.97. The molecule has 7 heteroatoms. The molecule has 0 saturated heterocycles. The molecule has 7 nitrogen and oxygen atoms in total. The maximum atomic E-state index is 12.1. The summed E-state index contributed by atoms with van der Waals surface area (Å²) in [6, 6.07) is 20.7. The van der Waals surface area contributed by atoms with Gasteiger partial charge in [0.25, 0.3) is 0 Å². The summed E-state index contributed by atoms with van der Waals surface area (Å²) >= 11 is 0. The second-order valence-electron chi connectivity index (χ2n) is 7.50. The summed E-state index contributed by atoms with van der Waals surface area (Å²) in [6.07, 6.45) is 1.14. The molecule has 2 amide bonds. The topological polar surface area (TPSA) is 89.0 Å². The van der Waals surface area contributed by atoms with Crippen molar-refractivity contribution < 1.29 is 19.1 Å². The van der Waals surface area contributed by atoms with Gasteiger partial charge in [-0.25, -0.2) is 5.43 Å². The van der Waals surface area contributed by atoms with Gasteiger partial charge in [0.1, 0.15) is 13.0 Å². The van der Waals surface area contributed by atoms with Crippen LogP contribution < -0.4 is 20.2 Å². The summed E-state index contributed by atoms with van der Waals surface area (Å²) in [5.74, 6) is 0.231. The van der Waals surface area contributed by atoms with Crippen LogP contribution in [0, 0.1) is 13.8 Å². The van der Waals surface area contributed by atoms with E-state index in [0.717, 1.165) is 16.7 Å². The minimum atomic E-state index is -0.512. The van der Waals surface area contributed by atoms with Gasteiger partial charge in [0, 0.05) is 5.69 Å². The molecule has 3 aromatic rings. The first-order valence-corrected chi connectivity index (χ1v) is 10.5. The molecule has 0 aliphatic carbocycles. The first-order valence-electron chi connectivity index (χ1n) is 10.5. The predicted molar refractivity (Wildman–Crippen MR) is 129 cm³/mol. The minimum Gasteiger partial charge on any atom is -0.493 e. The second-order valence-corrected chi connectivity index (χ2v) is 7.50. The highest BCUT2D eigenvalue weighted by molar-refractivity contribution is 6.03. The number of hydrogen-bond donors (Lipinski definition) is 2. The largest absolute Gasteiger partial charge is 0.493 e. The average Bonchev–Trinajstić information content (AvgIpc) is 2.81. The Morgan fingerprint density at radius 2 is 1.70 bits per heavy atom. The van der Waals surface area contributed by atoms with Crippen LogP contribution in [0.1, 0.15) is 28.7 Å². The number of benzene rings is 3. The number of hydrazone groups is 1. The summed E-state index contributed by atoms with van der Waals surface area (Å²) in [7, 11) is 1.56. The number of hydrogen-bond acceptors (Lipinski definition) is 5. The summed E-state index contributed by atoms with van der Waals surface area (Å²) in [6.45, 7) is 4.38. The molecule has 0 saturated carbocycles. The molecule has 0 spiro atoms. The molecule has 0 aliphatic rings. The summed E-state index contributed by atoms with van der Waals surface area (Å²) in [4.78, 5) is 24.1. The van der Waals surface area contributed by atoms with Crippen LogP contribution in [0.3, 0.4) is 0 Å². The van der Waals surface area contributed by atoms with Gasteiger partial charge < -0.3 is 14.8 Å². The number of rotatable bonds is 9. The summed E-state index contributed by atoms with van der Waals surface area (Å²) < 4.78 is 11.2. The number of carbonyl (C=O) groups excluding carboxylic acids is 2. The van der Waals surface area contributed by atoms with Crippen LogP contribution in [0.25, 0.3) is 0 Å². The first kappa shape index (κ1) is 23.5. The lowest BCUT2D eigenvalue weighted by Crippen LogP contribution is -2.24. The molecule has 3 aromatic carbocycles. The van der Waals surface area contributed by atoms with Crippen molar-refractivity contribution in [1.82, 2.24) is 5.43 Å². The Bertz CT molecular complexity index is 1140. The fourth-order valence-corrected chi connectivity index (χ4v) is 3.01.